The van der Waals surface area contributed by atoms with E-state index in [0.717, 1.165) is 17.7 Å². The predicted molar refractivity (Wildman–Crippen MR) is 78.2 cm³/mol. The molecule has 0 fully saturated rings. The first-order valence-corrected chi connectivity index (χ1v) is 7.26. The molecule has 1 aromatic heterocycles. The van der Waals surface area contributed by atoms with Crippen molar-refractivity contribution < 1.29 is 4.79 Å². The zero-order chi connectivity index (χ0) is 11.9. The molecule has 0 N–H and O–H groups in total. The number of Topliss-reactive ketones (excluding diaryl/α,β-unsaturated/α-hetero) is 1. The van der Waals surface area contributed by atoms with Gasteiger partial charge in [-0.15, -0.1) is 35.5 Å². The van der Waals surface area contributed by atoms with Crippen LogP contribution >= 0.6 is 35.5 Å². The average Bonchev–Trinajstić information content (AvgIpc) is 2.40. The third-order valence-electron chi connectivity index (χ3n) is 3.15. The SMILES string of the molecule is Cc1sc2c(c1C)C(=O)C(N(C)C)CCS2.Cl. The number of aryl methyl sites for hydroxylation is 1. The van der Waals surface area contributed by atoms with Gasteiger partial charge in [0.25, 0.3) is 0 Å². The zero-order valence-corrected chi connectivity index (χ0v) is 13.0. The Morgan fingerprint density at radius 2 is 1.94 bits per heavy atom. The van der Waals surface area contributed by atoms with Crippen molar-refractivity contribution in [1.29, 1.82) is 0 Å². The summed E-state index contributed by atoms with van der Waals surface area (Å²) >= 11 is 3.61. The number of hydrogen-bond donors (Lipinski definition) is 0. The smallest absolute Gasteiger partial charge is 0.182 e. The molecule has 5 heteroatoms. The molecule has 2 heterocycles. The van der Waals surface area contributed by atoms with Gasteiger partial charge in [0.2, 0.25) is 0 Å². The summed E-state index contributed by atoms with van der Waals surface area (Å²) in [5, 5.41) is 0. The lowest BCUT2D eigenvalue weighted by Crippen LogP contribution is -2.35. The zero-order valence-electron chi connectivity index (χ0n) is 10.6. The van der Waals surface area contributed by atoms with Crippen LogP contribution in [0.4, 0.5) is 0 Å². The van der Waals surface area contributed by atoms with Crippen LogP contribution in [0.2, 0.25) is 0 Å². The Labute approximate surface area is 117 Å². The lowest BCUT2D eigenvalue weighted by molar-refractivity contribution is 0.0871. The molecule has 1 aliphatic heterocycles. The van der Waals surface area contributed by atoms with Crippen molar-refractivity contribution in [2.24, 2.45) is 0 Å². The van der Waals surface area contributed by atoms with Crippen LogP contribution in [0, 0.1) is 13.8 Å². The van der Waals surface area contributed by atoms with Gasteiger partial charge in [0.05, 0.1) is 10.3 Å². The molecule has 0 radical (unpaired) electrons. The van der Waals surface area contributed by atoms with E-state index in [0.29, 0.717) is 5.78 Å². The van der Waals surface area contributed by atoms with E-state index in [4.69, 9.17) is 0 Å². The fourth-order valence-corrected chi connectivity index (χ4v) is 4.71. The largest absolute Gasteiger partial charge is 0.299 e. The Balaban J connectivity index is 0.00000144. The van der Waals surface area contributed by atoms with E-state index in [9.17, 15) is 4.79 Å². The van der Waals surface area contributed by atoms with E-state index in [2.05, 4.69) is 13.8 Å². The first kappa shape index (κ1) is 15.0. The molecule has 0 saturated carbocycles. The Bertz CT molecular complexity index is 428. The maximum absolute atomic E-state index is 12.5. The Hall–Kier alpha value is -0.0300. The van der Waals surface area contributed by atoms with Gasteiger partial charge >= 0.3 is 0 Å². The van der Waals surface area contributed by atoms with E-state index in [1.165, 1.54) is 14.6 Å². The van der Waals surface area contributed by atoms with Crippen molar-refractivity contribution in [3.63, 3.8) is 0 Å². The quantitative estimate of drug-likeness (QED) is 0.791. The number of likely N-dealkylation sites (N-methyl/N-ethyl adjacent to an activating group) is 1. The van der Waals surface area contributed by atoms with Crippen molar-refractivity contribution >= 4 is 41.3 Å². The maximum Gasteiger partial charge on any atom is 0.182 e. The van der Waals surface area contributed by atoms with Crippen molar-refractivity contribution in [2.75, 3.05) is 19.8 Å². The van der Waals surface area contributed by atoms with Gasteiger partial charge in [0, 0.05) is 16.2 Å². The van der Waals surface area contributed by atoms with Gasteiger partial charge in [-0.25, -0.2) is 0 Å². The first-order valence-electron chi connectivity index (χ1n) is 5.45. The number of fused-ring (bicyclic) bond motifs is 1. The van der Waals surface area contributed by atoms with Crippen LogP contribution in [0.1, 0.15) is 27.2 Å². The van der Waals surface area contributed by atoms with Gasteiger partial charge in [-0.1, -0.05) is 0 Å². The van der Waals surface area contributed by atoms with E-state index in [1.54, 1.807) is 11.3 Å². The number of thiophene rings is 1. The van der Waals surface area contributed by atoms with Gasteiger partial charge in [0.15, 0.2) is 5.78 Å². The minimum atomic E-state index is 0. The molecule has 1 aliphatic rings. The van der Waals surface area contributed by atoms with Gasteiger partial charge in [-0.2, -0.15) is 0 Å². The average molecular weight is 292 g/mol. The van der Waals surface area contributed by atoms with Gasteiger partial charge in [-0.05, 0) is 39.9 Å². The van der Waals surface area contributed by atoms with Gasteiger partial charge in [0.1, 0.15) is 0 Å². The highest BCUT2D eigenvalue weighted by molar-refractivity contribution is 8.01. The normalized spacial score (nSPS) is 19.8. The standard InChI is InChI=1S/C12H17NOS2.ClH/c1-7-8(2)16-12-10(7)11(14)9(13(3)4)5-6-15-12;/h9H,5-6H2,1-4H3;1H. The molecular formula is C12H18ClNOS2. The lowest BCUT2D eigenvalue weighted by Gasteiger charge is -2.21. The second-order valence-electron chi connectivity index (χ2n) is 4.43. The predicted octanol–water partition coefficient (Wildman–Crippen LogP) is 3.40. The molecule has 17 heavy (non-hydrogen) atoms. The van der Waals surface area contributed by atoms with Crippen LogP contribution in [-0.4, -0.2) is 36.6 Å². The summed E-state index contributed by atoms with van der Waals surface area (Å²) in [6, 6.07) is 0.0569. The van der Waals surface area contributed by atoms with E-state index < -0.39 is 0 Å². The van der Waals surface area contributed by atoms with Crippen LogP contribution in [0.3, 0.4) is 0 Å². The molecular weight excluding hydrogens is 274 g/mol. The molecule has 1 atom stereocenters. The number of rotatable bonds is 1. The molecule has 0 aromatic carbocycles. The molecule has 2 rings (SSSR count). The van der Waals surface area contributed by atoms with Crippen molar-refractivity contribution in [3.05, 3.63) is 16.0 Å². The molecule has 0 aliphatic carbocycles. The molecule has 96 valence electrons. The fraction of sp³-hybridized carbons (Fsp3) is 0.583. The summed E-state index contributed by atoms with van der Waals surface area (Å²) in [4.78, 5) is 15.8. The third-order valence-corrected chi connectivity index (χ3v) is 5.66. The number of carbonyl (C=O) groups excluding carboxylic acids is 1. The number of ketones is 1. The van der Waals surface area contributed by atoms with Crippen LogP contribution in [-0.2, 0) is 0 Å². The lowest BCUT2D eigenvalue weighted by atomic mass is 10.0. The van der Waals surface area contributed by atoms with Crippen LogP contribution < -0.4 is 0 Å². The van der Waals surface area contributed by atoms with E-state index in [-0.39, 0.29) is 18.4 Å². The van der Waals surface area contributed by atoms with Crippen molar-refractivity contribution in [2.45, 2.75) is 30.5 Å². The van der Waals surface area contributed by atoms with E-state index >= 15 is 0 Å². The second kappa shape index (κ2) is 5.74. The number of thioether (sulfide) groups is 1. The third kappa shape index (κ3) is 2.70. The Morgan fingerprint density at radius 3 is 2.53 bits per heavy atom. The molecule has 0 amide bonds. The van der Waals surface area contributed by atoms with Crippen molar-refractivity contribution in [1.82, 2.24) is 4.90 Å². The molecule has 1 aromatic rings. The second-order valence-corrected chi connectivity index (χ2v) is 7.01. The Morgan fingerprint density at radius 1 is 1.29 bits per heavy atom. The first-order chi connectivity index (χ1) is 7.52. The summed E-state index contributed by atoms with van der Waals surface area (Å²) in [5.74, 6) is 1.35. The molecule has 1 unspecified atom stereocenters. The summed E-state index contributed by atoms with van der Waals surface area (Å²) in [5.41, 5.74) is 2.18. The topological polar surface area (TPSA) is 20.3 Å². The minimum absolute atomic E-state index is 0. The molecule has 2 nitrogen and oxygen atoms in total. The van der Waals surface area contributed by atoms with Crippen molar-refractivity contribution in [3.8, 4) is 0 Å². The highest BCUT2D eigenvalue weighted by Crippen LogP contribution is 2.39. The molecule has 0 bridgehead atoms. The number of nitrogens with zero attached hydrogens (tertiary/aromatic N) is 1. The highest BCUT2D eigenvalue weighted by atomic mass is 35.5. The number of hydrogen-bond acceptors (Lipinski definition) is 4. The fourth-order valence-electron chi connectivity index (χ4n) is 2.04. The summed E-state index contributed by atoms with van der Waals surface area (Å²) in [6.07, 6.45) is 0.955. The number of carbonyl (C=O) groups is 1. The summed E-state index contributed by atoms with van der Waals surface area (Å²) in [7, 11) is 3.99. The molecule has 0 spiro atoms. The van der Waals surface area contributed by atoms with Crippen LogP contribution in [0.5, 0.6) is 0 Å². The highest BCUT2D eigenvalue weighted by Gasteiger charge is 2.30. The van der Waals surface area contributed by atoms with Crippen LogP contribution in [0.25, 0.3) is 0 Å². The maximum atomic E-state index is 12.5. The summed E-state index contributed by atoms with van der Waals surface area (Å²) < 4.78 is 1.23. The Kier molecular flexibility index (Phi) is 5.07. The molecule has 0 saturated heterocycles. The van der Waals surface area contributed by atoms with Crippen LogP contribution in [0.15, 0.2) is 4.21 Å². The monoisotopic (exact) mass is 291 g/mol. The number of halogens is 1. The van der Waals surface area contributed by atoms with E-state index in [1.807, 2.05) is 30.8 Å². The minimum Gasteiger partial charge on any atom is -0.299 e. The summed E-state index contributed by atoms with van der Waals surface area (Å²) in [6.45, 7) is 4.17. The van der Waals surface area contributed by atoms with Gasteiger partial charge < -0.3 is 0 Å². The van der Waals surface area contributed by atoms with Gasteiger partial charge in [-0.3, -0.25) is 9.69 Å².